The summed E-state index contributed by atoms with van der Waals surface area (Å²) >= 11 is 6.32. The fourth-order valence-corrected chi connectivity index (χ4v) is 3.96. The largest absolute Gasteiger partial charge is 0.466 e. The van der Waals surface area contributed by atoms with Crippen LogP contribution >= 0.6 is 11.6 Å². The molecule has 0 bridgehead atoms. The average molecular weight is 465 g/mol. The minimum absolute atomic E-state index is 0.126. The highest BCUT2D eigenvalue weighted by Gasteiger charge is 2.20. The summed E-state index contributed by atoms with van der Waals surface area (Å²) in [7, 11) is 0. The number of carbonyl (C=O) groups is 2. The highest BCUT2D eigenvalue weighted by Crippen LogP contribution is 2.31. The molecule has 0 radical (unpaired) electrons. The molecular weight excluding hydrogens is 440 g/mol. The normalized spacial score (nSPS) is 12.6. The molecule has 0 aliphatic carbocycles. The number of anilines is 1. The Kier molecular flexibility index (Phi) is 7.15. The smallest absolute Gasteiger partial charge is 0.322 e. The number of nitrogens with zero attached hydrogens (tertiary/aromatic N) is 1. The third-order valence-corrected chi connectivity index (χ3v) is 5.70. The van der Waals surface area contributed by atoms with Crippen LogP contribution in [0.2, 0.25) is 5.02 Å². The summed E-state index contributed by atoms with van der Waals surface area (Å²) in [5.74, 6) is 0.765. The Morgan fingerprint density at radius 3 is 2.52 bits per heavy atom. The molecule has 0 saturated heterocycles. The van der Waals surface area contributed by atoms with Crippen molar-refractivity contribution in [2.75, 3.05) is 18.5 Å². The molecular formula is C26H25ClN2O4. The van der Waals surface area contributed by atoms with E-state index in [0.29, 0.717) is 41.9 Å². The van der Waals surface area contributed by atoms with E-state index < -0.39 is 0 Å². The number of ether oxygens (including phenoxy) is 2. The molecule has 0 unspecified atom stereocenters. The topological polar surface area (TPSA) is 67.9 Å². The number of hydrogen-bond donors (Lipinski definition) is 1. The van der Waals surface area contributed by atoms with Gasteiger partial charge in [-0.3, -0.25) is 4.79 Å². The van der Waals surface area contributed by atoms with E-state index in [2.05, 4.69) is 17.4 Å². The van der Waals surface area contributed by atoms with Crippen molar-refractivity contribution in [3.8, 4) is 11.5 Å². The monoisotopic (exact) mass is 464 g/mol. The Hall–Kier alpha value is -3.51. The van der Waals surface area contributed by atoms with Gasteiger partial charge in [-0.25, -0.2) is 4.79 Å². The predicted molar refractivity (Wildman–Crippen MR) is 128 cm³/mol. The predicted octanol–water partition coefficient (Wildman–Crippen LogP) is 5.83. The Balaban J connectivity index is 1.34. The number of esters is 1. The second-order valence-corrected chi connectivity index (χ2v) is 8.15. The zero-order chi connectivity index (χ0) is 23.2. The summed E-state index contributed by atoms with van der Waals surface area (Å²) in [6.45, 7) is 3.41. The van der Waals surface area contributed by atoms with E-state index in [1.807, 2.05) is 17.0 Å². The van der Waals surface area contributed by atoms with Crippen LogP contribution in [-0.4, -0.2) is 30.1 Å². The van der Waals surface area contributed by atoms with Crippen LogP contribution in [0.5, 0.6) is 11.5 Å². The first kappa shape index (κ1) is 22.7. The van der Waals surface area contributed by atoms with Crippen molar-refractivity contribution in [3.05, 3.63) is 88.4 Å². The summed E-state index contributed by atoms with van der Waals surface area (Å²) in [5.41, 5.74) is 3.93. The minimum atomic E-state index is -0.298. The van der Waals surface area contributed by atoms with Crippen molar-refractivity contribution in [3.63, 3.8) is 0 Å². The lowest BCUT2D eigenvalue weighted by molar-refractivity contribution is -0.142. The maximum Gasteiger partial charge on any atom is 0.322 e. The SMILES string of the molecule is CCOC(=O)Cc1ccc(Oc2ccc(NC(=O)N3CCc4ccccc4C3)cc2)c(Cl)c1. The van der Waals surface area contributed by atoms with Crippen molar-refractivity contribution in [1.82, 2.24) is 4.90 Å². The lowest BCUT2D eigenvalue weighted by Gasteiger charge is -2.29. The molecule has 170 valence electrons. The number of halogens is 1. The van der Waals surface area contributed by atoms with Gasteiger partial charge in [0.2, 0.25) is 0 Å². The van der Waals surface area contributed by atoms with Gasteiger partial charge < -0.3 is 19.7 Å². The molecule has 7 heteroatoms. The molecule has 3 aromatic rings. The van der Waals surface area contributed by atoms with Crippen molar-refractivity contribution in [1.29, 1.82) is 0 Å². The molecule has 33 heavy (non-hydrogen) atoms. The molecule has 0 aromatic heterocycles. The van der Waals surface area contributed by atoms with Crippen LogP contribution in [0.3, 0.4) is 0 Å². The summed E-state index contributed by atoms with van der Waals surface area (Å²) in [5, 5.41) is 3.34. The molecule has 3 aromatic carbocycles. The van der Waals surface area contributed by atoms with Crippen molar-refractivity contribution in [2.45, 2.75) is 26.3 Å². The third kappa shape index (κ3) is 5.84. The van der Waals surface area contributed by atoms with Gasteiger partial charge in [0.25, 0.3) is 0 Å². The summed E-state index contributed by atoms with van der Waals surface area (Å²) in [4.78, 5) is 26.1. The van der Waals surface area contributed by atoms with Gasteiger partial charge in [0.05, 0.1) is 18.1 Å². The molecule has 0 saturated carbocycles. The highest BCUT2D eigenvalue weighted by atomic mass is 35.5. The van der Waals surface area contributed by atoms with Crippen LogP contribution in [0.1, 0.15) is 23.6 Å². The van der Waals surface area contributed by atoms with Crippen LogP contribution in [-0.2, 0) is 28.9 Å². The molecule has 4 rings (SSSR count). The van der Waals surface area contributed by atoms with Gasteiger partial charge in [-0.2, -0.15) is 0 Å². The molecule has 1 aliphatic heterocycles. The number of carbonyl (C=O) groups excluding carboxylic acids is 2. The molecule has 1 aliphatic rings. The third-order valence-electron chi connectivity index (χ3n) is 5.40. The van der Waals surface area contributed by atoms with E-state index in [4.69, 9.17) is 21.1 Å². The molecule has 1 heterocycles. The lowest BCUT2D eigenvalue weighted by Crippen LogP contribution is -2.38. The van der Waals surface area contributed by atoms with Gasteiger partial charge >= 0.3 is 12.0 Å². The van der Waals surface area contributed by atoms with Gasteiger partial charge in [-0.1, -0.05) is 41.9 Å². The second-order valence-electron chi connectivity index (χ2n) is 7.74. The number of hydrogen-bond acceptors (Lipinski definition) is 4. The van der Waals surface area contributed by atoms with E-state index in [1.54, 1.807) is 49.4 Å². The van der Waals surface area contributed by atoms with E-state index in [1.165, 1.54) is 11.1 Å². The maximum absolute atomic E-state index is 12.7. The number of fused-ring (bicyclic) bond motifs is 1. The van der Waals surface area contributed by atoms with E-state index >= 15 is 0 Å². The maximum atomic E-state index is 12.7. The van der Waals surface area contributed by atoms with Crippen molar-refractivity contribution in [2.24, 2.45) is 0 Å². The fraction of sp³-hybridized carbons (Fsp3) is 0.231. The van der Waals surface area contributed by atoms with Crippen LogP contribution in [0.4, 0.5) is 10.5 Å². The molecule has 0 spiro atoms. The van der Waals surface area contributed by atoms with E-state index in [9.17, 15) is 9.59 Å². The summed E-state index contributed by atoms with van der Waals surface area (Å²) < 4.78 is 10.8. The van der Waals surface area contributed by atoms with Crippen molar-refractivity contribution < 1.29 is 19.1 Å². The summed E-state index contributed by atoms with van der Waals surface area (Å²) in [6.07, 6.45) is 1.01. The van der Waals surface area contributed by atoms with Crippen LogP contribution in [0, 0.1) is 0 Å². The number of nitrogens with one attached hydrogen (secondary N) is 1. The molecule has 2 amide bonds. The molecule has 0 atom stereocenters. The molecule has 1 N–H and O–H groups in total. The number of rotatable bonds is 6. The Morgan fingerprint density at radius 2 is 1.79 bits per heavy atom. The van der Waals surface area contributed by atoms with Crippen LogP contribution in [0.25, 0.3) is 0 Å². The lowest BCUT2D eigenvalue weighted by atomic mass is 10.0. The highest BCUT2D eigenvalue weighted by molar-refractivity contribution is 6.32. The van der Waals surface area contributed by atoms with Gasteiger partial charge in [-0.05, 0) is 66.4 Å². The zero-order valence-corrected chi connectivity index (χ0v) is 19.1. The number of benzene rings is 3. The Morgan fingerprint density at radius 1 is 1.03 bits per heavy atom. The molecule has 0 fully saturated rings. The van der Waals surface area contributed by atoms with E-state index in [0.717, 1.165) is 12.0 Å². The Bertz CT molecular complexity index is 1150. The number of urea groups is 1. The Labute approximate surface area is 198 Å². The van der Waals surface area contributed by atoms with Crippen LogP contribution < -0.4 is 10.1 Å². The van der Waals surface area contributed by atoms with Crippen molar-refractivity contribution >= 4 is 29.3 Å². The number of amides is 2. The average Bonchev–Trinajstić information content (AvgIpc) is 2.82. The van der Waals surface area contributed by atoms with Gasteiger partial charge in [0.1, 0.15) is 11.5 Å². The minimum Gasteiger partial charge on any atom is -0.466 e. The first-order valence-electron chi connectivity index (χ1n) is 10.9. The molecule has 6 nitrogen and oxygen atoms in total. The summed E-state index contributed by atoms with van der Waals surface area (Å²) in [6, 6.07) is 20.4. The van der Waals surface area contributed by atoms with Crippen LogP contribution in [0.15, 0.2) is 66.7 Å². The van der Waals surface area contributed by atoms with Gasteiger partial charge in [0, 0.05) is 18.8 Å². The van der Waals surface area contributed by atoms with E-state index in [-0.39, 0.29) is 18.4 Å². The standard InChI is InChI=1S/C26H25ClN2O4/c1-2-32-25(30)16-18-7-12-24(23(27)15-18)33-22-10-8-21(9-11-22)28-26(31)29-14-13-19-5-3-4-6-20(19)17-29/h3-12,15H,2,13-14,16-17H2,1H3,(H,28,31). The fourth-order valence-electron chi connectivity index (χ4n) is 3.72. The quantitative estimate of drug-likeness (QED) is 0.466. The van der Waals surface area contributed by atoms with Gasteiger partial charge in [0.15, 0.2) is 0 Å². The first-order chi connectivity index (χ1) is 16.0. The first-order valence-corrected chi connectivity index (χ1v) is 11.2. The second kappa shape index (κ2) is 10.4. The van der Waals surface area contributed by atoms with Gasteiger partial charge in [-0.15, -0.1) is 0 Å². The zero-order valence-electron chi connectivity index (χ0n) is 18.3.